The van der Waals surface area contributed by atoms with E-state index in [2.05, 4.69) is 15.2 Å². The van der Waals surface area contributed by atoms with Crippen LogP contribution in [0.2, 0.25) is 0 Å². The molecule has 1 aliphatic heterocycles. The summed E-state index contributed by atoms with van der Waals surface area (Å²) in [6, 6.07) is 2.51. The fourth-order valence-corrected chi connectivity index (χ4v) is 2.67. The molecule has 1 aromatic heterocycles. The van der Waals surface area contributed by atoms with Gasteiger partial charge in [0.25, 0.3) is 5.91 Å². The quantitative estimate of drug-likeness (QED) is 0.738. The lowest BCUT2D eigenvalue weighted by Gasteiger charge is -2.14. The van der Waals surface area contributed by atoms with Crippen molar-refractivity contribution in [1.29, 1.82) is 0 Å². The number of likely N-dealkylation sites (tertiary alicyclic amines) is 1. The molecule has 3 rings (SSSR count). The Labute approximate surface area is 107 Å². The molecule has 2 fully saturated rings. The van der Waals surface area contributed by atoms with E-state index in [1.165, 1.54) is 25.8 Å². The van der Waals surface area contributed by atoms with Gasteiger partial charge in [-0.25, -0.2) is 0 Å². The summed E-state index contributed by atoms with van der Waals surface area (Å²) >= 11 is 0. The van der Waals surface area contributed by atoms with Crippen molar-refractivity contribution >= 4 is 11.6 Å². The Morgan fingerprint density at radius 1 is 1.50 bits per heavy atom. The van der Waals surface area contributed by atoms with Gasteiger partial charge < -0.3 is 20.9 Å². The molecule has 2 heterocycles. The molecular formula is C13H20N4O. The zero-order valence-electron chi connectivity index (χ0n) is 10.5. The minimum absolute atomic E-state index is 0.0587. The van der Waals surface area contributed by atoms with E-state index in [0.29, 0.717) is 17.3 Å². The molecule has 1 saturated carbocycles. The number of hydrogen-bond donors (Lipinski definition) is 3. The van der Waals surface area contributed by atoms with Crippen LogP contribution >= 0.6 is 0 Å². The van der Waals surface area contributed by atoms with Crippen molar-refractivity contribution < 1.29 is 4.79 Å². The van der Waals surface area contributed by atoms with Crippen LogP contribution in [0, 0.1) is 5.92 Å². The maximum Gasteiger partial charge on any atom is 0.267 e. The molecule has 1 aliphatic carbocycles. The molecule has 18 heavy (non-hydrogen) atoms. The molecule has 98 valence electrons. The normalized spacial score (nSPS) is 24.3. The van der Waals surface area contributed by atoms with Gasteiger partial charge in [-0.1, -0.05) is 0 Å². The number of hydrogen-bond acceptors (Lipinski definition) is 3. The average molecular weight is 248 g/mol. The number of aromatic amines is 1. The lowest BCUT2D eigenvalue weighted by molar-refractivity contribution is 0.0943. The van der Waals surface area contributed by atoms with Gasteiger partial charge in [-0.05, 0) is 37.8 Å². The molecule has 2 aliphatic rings. The largest absolute Gasteiger partial charge is 0.397 e. The van der Waals surface area contributed by atoms with Crippen molar-refractivity contribution in [2.45, 2.75) is 25.3 Å². The van der Waals surface area contributed by atoms with Gasteiger partial charge in [0.05, 0.1) is 0 Å². The van der Waals surface area contributed by atoms with E-state index < -0.39 is 0 Å². The Kier molecular flexibility index (Phi) is 2.99. The fraction of sp³-hybridized carbons (Fsp3) is 0.615. The van der Waals surface area contributed by atoms with Crippen molar-refractivity contribution in [2.24, 2.45) is 5.92 Å². The molecule has 0 radical (unpaired) electrons. The van der Waals surface area contributed by atoms with Crippen molar-refractivity contribution in [3.8, 4) is 0 Å². The summed E-state index contributed by atoms with van der Waals surface area (Å²) in [5.74, 6) is 0.540. The molecule has 5 heteroatoms. The Balaban J connectivity index is 1.45. The van der Waals surface area contributed by atoms with Gasteiger partial charge in [0.15, 0.2) is 0 Å². The number of amides is 1. The maximum absolute atomic E-state index is 11.8. The Hall–Kier alpha value is -1.49. The summed E-state index contributed by atoms with van der Waals surface area (Å²) in [6.07, 6.45) is 5.56. The van der Waals surface area contributed by atoms with Gasteiger partial charge in [-0.3, -0.25) is 4.79 Å². The molecule has 5 nitrogen and oxygen atoms in total. The van der Waals surface area contributed by atoms with Gasteiger partial charge in [-0.2, -0.15) is 0 Å². The van der Waals surface area contributed by atoms with Crippen LogP contribution in [0.25, 0.3) is 0 Å². The second-order valence-corrected chi connectivity index (χ2v) is 5.44. The monoisotopic (exact) mass is 248 g/mol. The zero-order chi connectivity index (χ0) is 12.5. The van der Waals surface area contributed by atoms with Crippen molar-refractivity contribution in [3.05, 3.63) is 18.0 Å². The van der Waals surface area contributed by atoms with E-state index >= 15 is 0 Å². The second kappa shape index (κ2) is 4.65. The third-order valence-corrected chi connectivity index (χ3v) is 3.88. The van der Waals surface area contributed by atoms with E-state index in [1.54, 1.807) is 12.3 Å². The number of nitrogens with zero attached hydrogens (tertiary/aromatic N) is 1. The van der Waals surface area contributed by atoms with Crippen LogP contribution in [0.1, 0.15) is 29.8 Å². The van der Waals surface area contributed by atoms with Gasteiger partial charge in [0, 0.05) is 31.0 Å². The number of nitrogens with one attached hydrogen (secondary N) is 2. The first-order valence-electron chi connectivity index (χ1n) is 6.68. The van der Waals surface area contributed by atoms with Gasteiger partial charge in [-0.15, -0.1) is 0 Å². The third kappa shape index (κ3) is 2.51. The van der Waals surface area contributed by atoms with Crippen molar-refractivity contribution in [3.63, 3.8) is 0 Å². The molecule has 4 N–H and O–H groups in total. The third-order valence-electron chi connectivity index (χ3n) is 3.88. The summed E-state index contributed by atoms with van der Waals surface area (Å²) in [5.41, 5.74) is 6.72. The molecule has 1 aromatic rings. The summed E-state index contributed by atoms with van der Waals surface area (Å²) in [6.45, 7) is 3.10. The van der Waals surface area contributed by atoms with Gasteiger partial charge >= 0.3 is 0 Å². The fourth-order valence-electron chi connectivity index (χ4n) is 2.67. The molecule has 0 spiro atoms. The van der Waals surface area contributed by atoms with Crippen LogP contribution in [0.3, 0.4) is 0 Å². The first kappa shape index (κ1) is 11.6. The summed E-state index contributed by atoms with van der Waals surface area (Å²) in [4.78, 5) is 17.3. The lowest BCUT2D eigenvalue weighted by atomic mass is 10.1. The number of nitrogens with two attached hydrogens (primary N) is 1. The second-order valence-electron chi connectivity index (χ2n) is 5.44. The number of carbonyl (C=O) groups excluding carboxylic acids is 1. The smallest absolute Gasteiger partial charge is 0.267 e. The summed E-state index contributed by atoms with van der Waals surface area (Å²) in [5, 5.41) is 2.98. The molecule has 0 aromatic carbocycles. The first-order chi connectivity index (χ1) is 8.72. The van der Waals surface area contributed by atoms with Crippen molar-refractivity contribution in [2.75, 3.05) is 25.4 Å². The van der Waals surface area contributed by atoms with Gasteiger partial charge in [0.1, 0.15) is 5.69 Å². The minimum Gasteiger partial charge on any atom is -0.397 e. The molecule has 1 unspecified atom stereocenters. The van der Waals surface area contributed by atoms with E-state index in [1.807, 2.05) is 0 Å². The van der Waals surface area contributed by atoms with E-state index in [0.717, 1.165) is 19.1 Å². The Morgan fingerprint density at radius 3 is 3.00 bits per heavy atom. The number of rotatable bonds is 4. The first-order valence-corrected chi connectivity index (χ1v) is 6.68. The van der Waals surface area contributed by atoms with Crippen LogP contribution in [0.4, 0.5) is 5.69 Å². The number of nitrogen functional groups attached to an aromatic ring is 1. The molecule has 1 saturated heterocycles. The number of anilines is 1. The minimum atomic E-state index is -0.0587. The summed E-state index contributed by atoms with van der Waals surface area (Å²) < 4.78 is 0. The molecule has 1 atom stereocenters. The van der Waals surface area contributed by atoms with Crippen LogP contribution in [0.15, 0.2) is 12.3 Å². The standard InChI is InChI=1S/C13H20N4O/c14-10-5-12(15-7-10)13(18)16-6-9-3-4-17(8-9)11-1-2-11/h5,7,9,11,15H,1-4,6,8,14H2,(H,16,18). The highest BCUT2D eigenvalue weighted by Gasteiger charge is 2.34. The highest BCUT2D eigenvalue weighted by Crippen LogP contribution is 2.31. The predicted molar refractivity (Wildman–Crippen MR) is 70.2 cm³/mol. The predicted octanol–water partition coefficient (Wildman–Crippen LogP) is 0.811. The van der Waals surface area contributed by atoms with E-state index in [-0.39, 0.29) is 5.91 Å². The highest BCUT2D eigenvalue weighted by molar-refractivity contribution is 5.93. The lowest BCUT2D eigenvalue weighted by Crippen LogP contribution is -2.31. The topological polar surface area (TPSA) is 74.1 Å². The summed E-state index contributed by atoms with van der Waals surface area (Å²) in [7, 11) is 0. The average Bonchev–Trinajstić information content (AvgIpc) is 2.95. The highest BCUT2D eigenvalue weighted by atomic mass is 16.1. The van der Waals surface area contributed by atoms with E-state index in [4.69, 9.17) is 5.73 Å². The van der Waals surface area contributed by atoms with Crippen molar-refractivity contribution in [1.82, 2.24) is 15.2 Å². The molecule has 1 amide bonds. The Bertz CT molecular complexity index is 438. The number of carbonyl (C=O) groups is 1. The number of H-pyrrole nitrogens is 1. The van der Waals surface area contributed by atoms with E-state index in [9.17, 15) is 4.79 Å². The van der Waals surface area contributed by atoms with Crippen LogP contribution in [-0.2, 0) is 0 Å². The van der Waals surface area contributed by atoms with Crippen LogP contribution < -0.4 is 11.1 Å². The SMILES string of the molecule is Nc1c[nH]c(C(=O)NCC2CCN(C3CC3)C2)c1. The number of aromatic nitrogens is 1. The van der Waals surface area contributed by atoms with Crippen LogP contribution in [-0.4, -0.2) is 41.5 Å². The molecular weight excluding hydrogens is 228 g/mol. The van der Waals surface area contributed by atoms with Gasteiger partial charge in [0.2, 0.25) is 0 Å². The molecule has 0 bridgehead atoms. The maximum atomic E-state index is 11.8. The zero-order valence-corrected chi connectivity index (χ0v) is 10.5. The Morgan fingerprint density at radius 2 is 2.33 bits per heavy atom. The van der Waals surface area contributed by atoms with Crippen LogP contribution in [0.5, 0.6) is 0 Å².